The van der Waals surface area contributed by atoms with Crippen molar-refractivity contribution in [3.63, 3.8) is 0 Å². The molecular weight excluding hydrogens is 264 g/mol. The molecule has 3 nitrogen and oxygen atoms in total. The average Bonchev–Trinajstić information content (AvgIpc) is 2.76. The van der Waals surface area contributed by atoms with Crippen LogP contribution in [0.25, 0.3) is 0 Å². The van der Waals surface area contributed by atoms with Crippen LogP contribution in [0.1, 0.15) is 26.2 Å². The number of allylic oxidation sites excluding steroid dienone is 4. The number of aliphatic hydroxyl groups excluding tert-OH is 1. The van der Waals surface area contributed by atoms with Gasteiger partial charge in [0.15, 0.2) is 5.78 Å². The van der Waals surface area contributed by atoms with Crippen molar-refractivity contribution in [3.05, 3.63) is 47.6 Å². The van der Waals surface area contributed by atoms with Gasteiger partial charge in [0.25, 0.3) is 0 Å². The molecule has 110 valence electrons. The molecule has 0 saturated heterocycles. The highest BCUT2D eigenvalue weighted by Gasteiger charge is 2.54. The minimum atomic E-state index is -1.14. The van der Waals surface area contributed by atoms with Gasteiger partial charge in [-0.15, -0.1) is 0 Å². The fraction of sp³-hybridized carbons (Fsp3) is 0.500. The molecule has 0 aromatic heterocycles. The molecule has 2 N–H and O–H groups in total. The molecule has 3 heteroatoms. The van der Waals surface area contributed by atoms with Gasteiger partial charge >= 0.3 is 0 Å². The zero-order valence-corrected chi connectivity index (χ0v) is 12.1. The number of fused-ring (bicyclic) bond motifs is 5. The van der Waals surface area contributed by atoms with Crippen molar-refractivity contribution in [3.8, 4) is 0 Å². The summed E-state index contributed by atoms with van der Waals surface area (Å²) in [5, 5.41) is 21.4. The first-order chi connectivity index (χ1) is 9.95. The van der Waals surface area contributed by atoms with Crippen molar-refractivity contribution in [1.29, 1.82) is 0 Å². The van der Waals surface area contributed by atoms with Gasteiger partial charge < -0.3 is 10.2 Å². The molecule has 0 aromatic rings. The maximum atomic E-state index is 11.5. The van der Waals surface area contributed by atoms with Crippen LogP contribution in [0.5, 0.6) is 0 Å². The molecule has 0 bridgehead atoms. The minimum Gasteiger partial charge on any atom is -0.393 e. The maximum Gasteiger partial charge on any atom is 0.178 e. The first-order valence-corrected chi connectivity index (χ1v) is 7.70. The van der Waals surface area contributed by atoms with Gasteiger partial charge in [-0.1, -0.05) is 25.2 Å². The zero-order chi connectivity index (χ0) is 14.8. The highest BCUT2D eigenvalue weighted by atomic mass is 16.3. The van der Waals surface area contributed by atoms with E-state index >= 15 is 0 Å². The predicted molar refractivity (Wildman–Crippen MR) is 79.3 cm³/mol. The Kier molecular flexibility index (Phi) is 2.55. The summed E-state index contributed by atoms with van der Waals surface area (Å²) in [5.74, 6) is 0.441. The lowest BCUT2D eigenvalue weighted by Gasteiger charge is -2.48. The number of ketones is 1. The molecule has 0 radical (unpaired) electrons. The number of carbonyl (C=O) groups is 1. The maximum absolute atomic E-state index is 11.5. The molecule has 1 fully saturated rings. The van der Waals surface area contributed by atoms with Crippen molar-refractivity contribution in [2.24, 2.45) is 17.3 Å². The molecule has 0 amide bonds. The molecule has 1 saturated carbocycles. The Morgan fingerprint density at radius 1 is 1.29 bits per heavy atom. The zero-order valence-electron chi connectivity index (χ0n) is 12.1. The van der Waals surface area contributed by atoms with Crippen LogP contribution in [0.3, 0.4) is 0 Å². The SMILES string of the molecule is C[C@]12CC=C3C(C=CC4=CC(=O)C=C[C@]43O)C1CCC2O. The van der Waals surface area contributed by atoms with Crippen molar-refractivity contribution in [1.82, 2.24) is 0 Å². The van der Waals surface area contributed by atoms with Gasteiger partial charge in [0.2, 0.25) is 0 Å². The fourth-order valence-corrected chi connectivity index (χ4v) is 4.71. The van der Waals surface area contributed by atoms with Gasteiger partial charge in [0.1, 0.15) is 5.60 Å². The van der Waals surface area contributed by atoms with Crippen LogP contribution in [-0.4, -0.2) is 27.7 Å². The number of aliphatic hydroxyl groups is 2. The van der Waals surface area contributed by atoms with Crippen LogP contribution in [0.15, 0.2) is 47.6 Å². The lowest BCUT2D eigenvalue weighted by Crippen LogP contribution is -2.46. The van der Waals surface area contributed by atoms with E-state index in [4.69, 9.17) is 0 Å². The largest absolute Gasteiger partial charge is 0.393 e. The van der Waals surface area contributed by atoms with E-state index in [0.29, 0.717) is 11.5 Å². The van der Waals surface area contributed by atoms with Crippen molar-refractivity contribution < 1.29 is 15.0 Å². The van der Waals surface area contributed by atoms with E-state index in [9.17, 15) is 15.0 Å². The third kappa shape index (κ3) is 1.59. The second-order valence-corrected chi connectivity index (χ2v) is 7.06. The summed E-state index contributed by atoms with van der Waals surface area (Å²) in [6.07, 6.45) is 13.0. The summed E-state index contributed by atoms with van der Waals surface area (Å²) in [6, 6.07) is 0. The van der Waals surface area contributed by atoms with Crippen molar-refractivity contribution in [2.75, 3.05) is 0 Å². The normalized spacial score (nSPS) is 47.4. The van der Waals surface area contributed by atoms with Gasteiger partial charge in [-0.3, -0.25) is 4.79 Å². The van der Waals surface area contributed by atoms with Crippen LogP contribution in [0, 0.1) is 17.3 Å². The van der Waals surface area contributed by atoms with Crippen LogP contribution >= 0.6 is 0 Å². The Balaban J connectivity index is 1.83. The first-order valence-electron chi connectivity index (χ1n) is 7.70. The number of hydrogen-bond donors (Lipinski definition) is 2. The van der Waals surface area contributed by atoms with Crippen LogP contribution < -0.4 is 0 Å². The molecule has 21 heavy (non-hydrogen) atoms. The van der Waals surface area contributed by atoms with E-state index in [1.54, 1.807) is 6.08 Å². The Morgan fingerprint density at radius 2 is 2.10 bits per heavy atom. The number of carbonyl (C=O) groups excluding carboxylic acids is 1. The van der Waals surface area contributed by atoms with Crippen molar-refractivity contribution in [2.45, 2.75) is 37.9 Å². The monoisotopic (exact) mass is 284 g/mol. The summed E-state index contributed by atoms with van der Waals surface area (Å²) in [6.45, 7) is 2.16. The fourth-order valence-electron chi connectivity index (χ4n) is 4.71. The molecular formula is C18H20O3. The lowest BCUT2D eigenvalue weighted by molar-refractivity contribution is -0.110. The quantitative estimate of drug-likeness (QED) is 0.670. The molecule has 4 aliphatic carbocycles. The highest BCUT2D eigenvalue weighted by molar-refractivity contribution is 6.02. The van der Waals surface area contributed by atoms with Gasteiger partial charge in [-0.25, -0.2) is 0 Å². The first kappa shape index (κ1) is 13.2. The molecule has 3 unspecified atom stereocenters. The Bertz CT molecular complexity index is 639. The standard InChI is InChI=1S/C18H20O3/c1-17-8-7-15-13(14(17)4-5-16(17)20)3-2-11-10-12(19)6-9-18(11,15)21/h2-3,6-7,9-10,13-14,16,20-21H,4-5,8H2,1H3/t13?,14?,16?,17-,18-/m0/s1. The second kappa shape index (κ2) is 4.05. The third-order valence-corrected chi connectivity index (χ3v) is 6.06. The molecule has 0 heterocycles. The Morgan fingerprint density at radius 3 is 2.90 bits per heavy atom. The topological polar surface area (TPSA) is 57.5 Å². The van der Waals surface area contributed by atoms with E-state index < -0.39 is 5.60 Å². The van der Waals surface area contributed by atoms with Crippen LogP contribution in [0.2, 0.25) is 0 Å². The molecule has 4 aliphatic rings. The summed E-state index contributed by atoms with van der Waals surface area (Å²) >= 11 is 0. The summed E-state index contributed by atoms with van der Waals surface area (Å²) < 4.78 is 0. The van der Waals surface area contributed by atoms with Crippen LogP contribution in [-0.2, 0) is 4.79 Å². The van der Waals surface area contributed by atoms with Gasteiger partial charge in [0, 0.05) is 11.3 Å². The molecule has 0 aliphatic heterocycles. The van der Waals surface area contributed by atoms with Gasteiger partial charge in [-0.05, 0) is 54.6 Å². The lowest BCUT2D eigenvalue weighted by atomic mass is 9.58. The van der Waals surface area contributed by atoms with Crippen molar-refractivity contribution >= 4 is 5.78 Å². The molecule has 5 atom stereocenters. The Labute approximate surface area is 124 Å². The summed E-state index contributed by atoms with van der Waals surface area (Å²) in [5.41, 5.74) is 0.420. The minimum absolute atomic E-state index is 0.0738. The van der Waals surface area contributed by atoms with Crippen LogP contribution in [0.4, 0.5) is 0 Å². The van der Waals surface area contributed by atoms with E-state index in [2.05, 4.69) is 19.1 Å². The molecule has 0 spiro atoms. The second-order valence-electron chi connectivity index (χ2n) is 7.06. The molecule has 4 rings (SSSR count). The van der Waals surface area contributed by atoms with E-state index in [0.717, 1.165) is 24.8 Å². The highest BCUT2D eigenvalue weighted by Crippen LogP contribution is 2.58. The van der Waals surface area contributed by atoms with E-state index in [1.165, 1.54) is 12.2 Å². The summed E-state index contributed by atoms with van der Waals surface area (Å²) in [4.78, 5) is 11.5. The average molecular weight is 284 g/mol. The number of rotatable bonds is 0. The molecule has 0 aromatic carbocycles. The van der Waals surface area contributed by atoms with Gasteiger partial charge in [-0.2, -0.15) is 0 Å². The Hall–Kier alpha value is -1.45. The predicted octanol–water partition coefficient (Wildman–Crippen LogP) is 2.08. The van der Waals surface area contributed by atoms with E-state index in [-0.39, 0.29) is 23.2 Å². The number of hydrogen-bond acceptors (Lipinski definition) is 3. The van der Waals surface area contributed by atoms with Gasteiger partial charge in [0.05, 0.1) is 6.10 Å². The third-order valence-electron chi connectivity index (χ3n) is 6.06. The summed E-state index contributed by atoms with van der Waals surface area (Å²) in [7, 11) is 0. The smallest absolute Gasteiger partial charge is 0.178 e. The van der Waals surface area contributed by atoms with E-state index in [1.807, 2.05) is 6.08 Å².